The van der Waals surface area contributed by atoms with Gasteiger partial charge in [-0.05, 0) is 43.3 Å². The number of para-hydroxylation sites is 2. The maximum atomic E-state index is 12.9. The molecule has 3 aromatic rings. The maximum absolute atomic E-state index is 12.9. The lowest BCUT2D eigenvalue weighted by molar-refractivity contribution is 0.0848. The van der Waals surface area contributed by atoms with E-state index in [0.717, 1.165) is 42.5 Å². The summed E-state index contributed by atoms with van der Waals surface area (Å²) in [5.41, 5.74) is 2.79. The molecule has 0 bridgehead atoms. The Labute approximate surface area is 211 Å². The largest absolute Gasteiger partial charge is 0.495 e. The Kier molecular flexibility index (Phi) is 8.63. The summed E-state index contributed by atoms with van der Waals surface area (Å²) in [7, 11) is 1.69. The minimum Gasteiger partial charge on any atom is -0.495 e. The SMILES string of the molecule is COc1ccccc1N1CCN(CC(O)CNC(=O)c2cccnc2Sc2ccc(C)cc2)CC1. The van der Waals surface area contributed by atoms with Crippen LogP contribution in [-0.4, -0.2) is 73.4 Å². The lowest BCUT2D eigenvalue weighted by Gasteiger charge is -2.37. The molecule has 7 nitrogen and oxygen atoms in total. The van der Waals surface area contributed by atoms with Gasteiger partial charge in [0.25, 0.3) is 5.91 Å². The normalized spacial score (nSPS) is 15.0. The fourth-order valence-electron chi connectivity index (χ4n) is 4.09. The van der Waals surface area contributed by atoms with Crippen LogP contribution in [0.4, 0.5) is 5.69 Å². The number of benzene rings is 2. The molecule has 2 aromatic carbocycles. The quantitative estimate of drug-likeness (QED) is 0.474. The molecular weight excluding hydrogens is 460 g/mol. The van der Waals surface area contributed by atoms with Crippen LogP contribution in [0.25, 0.3) is 0 Å². The lowest BCUT2D eigenvalue weighted by atomic mass is 10.2. The van der Waals surface area contributed by atoms with Crippen molar-refractivity contribution in [2.75, 3.05) is 51.3 Å². The number of pyridine rings is 1. The third-order valence-corrected chi connectivity index (χ3v) is 7.04. The van der Waals surface area contributed by atoms with Crippen LogP contribution in [-0.2, 0) is 0 Å². The Balaban J connectivity index is 1.26. The molecule has 1 atom stereocenters. The number of β-amino-alcohol motifs (C(OH)–C–C–N with tert-alkyl or cyclic N) is 1. The number of piperazine rings is 1. The molecule has 2 heterocycles. The van der Waals surface area contributed by atoms with Gasteiger partial charge in [0, 0.05) is 50.4 Å². The Hall–Kier alpha value is -3.07. The van der Waals surface area contributed by atoms with Crippen LogP contribution in [0.2, 0.25) is 0 Å². The van der Waals surface area contributed by atoms with Crippen molar-refractivity contribution in [1.82, 2.24) is 15.2 Å². The number of methoxy groups -OCH3 is 1. The first kappa shape index (κ1) is 25.0. The van der Waals surface area contributed by atoms with Crippen molar-refractivity contribution in [3.63, 3.8) is 0 Å². The van der Waals surface area contributed by atoms with Crippen molar-refractivity contribution >= 4 is 23.4 Å². The first-order chi connectivity index (χ1) is 17.0. The topological polar surface area (TPSA) is 77.9 Å². The monoisotopic (exact) mass is 492 g/mol. The van der Waals surface area contributed by atoms with E-state index in [4.69, 9.17) is 4.74 Å². The molecule has 1 aromatic heterocycles. The molecule has 4 rings (SSSR count). The highest BCUT2D eigenvalue weighted by molar-refractivity contribution is 7.99. The molecule has 1 saturated heterocycles. The molecule has 0 radical (unpaired) electrons. The van der Waals surface area contributed by atoms with E-state index >= 15 is 0 Å². The van der Waals surface area contributed by atoms with Crippen molar-refractivity contribution < 1.29 is 14.6 Å². The average Bonchev–Trinajstić information content (AvgIpc) is 2.89. The second kappa shape index (κ2) is 12.1. The summed E-state index contributed by atoms with van der Waals surface area (Å²) >= 11 is 1.46. The number of carbonyl (C=O) groups is 1. The summed E-state index contributed by atoms with van der Waals surface area (Å²) in [6.45, 7) is 6.13. The smallest absolute Gasteiger partial charge is 0.254 e. The molecule has 1 amide bonds. The zero-order valence-electron chi connectivity index (χ0n) is 20.2. The van der Waals surface area contributed by atoms with Crippen molar-refractivity contribution in [3.05, 3.63) is 78.0 Å². The minimum atomic E-state index is -0.651. The van der Waals surface area contributed by atoms with Gasteiger partial charge in [0.1, 0.15) is 10.8 Å². The third-order valence-electron chi connectivity index (χ3n) is 6.02. The summed E-state index contributed by atoms with van der Waals surface area (Å²) in [6, 6.07) is 19.7. The number of nitrogens with zero attached hydrogens (tertiary/aromatic N) is 3. The number of aliphatic hydroxyl groups is 1. The minimum absolute atomic E-state index is 0.190. The fourth-order valence-corrected chi connectivity index (χ4v) is 4.97. The predicted octanol–water partition coefficient (Wildman–Crippen LogP) is 3.46. The maximum Gasteiger partial charge on any atom is 0.254 e. The second-order valence-electron chi connectivity index (χ2n) is 8.59. The lowest BCUT2D eigenvalue weighted by Crippen LogP contribution is -2.50. The second-order valence-corrected chi connectivity index (χ2v) is 9.66. The Morgan fingerprint density at radius 1 is 1.09 bits per heavy atom. The predicted molar refractivity (Wildman–Crippen MR) is 140 cm³/mol. The van der Waals surface area contributed by atoms with Gasteiger partial charge < -0.3 is 20.1 Å². The molecular formula is C27H32N4O3S. The molecule has 1 aliphatic rings. The molecule has 35 heavy (non-hydrogen) atoms. The van der Waals surface area contributed by atoms with Gasteiger partial charge in [-0.3, -0.25) is 9.69 Å². The number of ether oxygens (including phenoxy) is 1. The van der Waals surface area contributed by atoms with Crippen LogP contribution >= 0.6 is 11.8 Å². The van der Waals surface area contributed by atoms with Gasteiger partial charge in [0.05, 0.1) is 24.5 Å². The number of aryl methyl sites for hydroxylation is 1. The Morgan fingerprint density at radius 2 is 1.83 bits per heavy atom. The number of hydrogen-bond donors (Lipinski definition) is 2. The average molecular weight is 493 g/mol. The van der Waals surface area contributed by atoms with Crippen LogP contribution in [0, 0.1) is 6.92 Å². The standard InChI is InChI=1S/C27H32N4O3S/c1-20-9-11-22(12-10-20)35-27-23(6-5-13-28-27)26(33)29-18-21(32)19-30-14-16-31(17-15-30)24-7-3-4-8-25(24)34-2/h3-13,21,32H,14-19H2,1-2H3,(H,29,33). The Bertz CT molecular complexity index is 1120. The summed E-state index contributed by atoms with van der Waals surface area (Å²) in [4.78, 5) is 22.8. The highest BCUT2D eigenvalue weighted by atomic mass is 32.2. The molecule has 1 aliphatic heterocycles. The zero-order valence-corrected chi connectivity index (χ0v) is 21.0. The van der Waals surface area contributed by atoms with Crippen molar-refractivity contribution in [3.8, 4) is 5.75 Å². The van der Waals surface area contributed by atoms with Crippen molar-refractivity contribution in [2.45, 2.75) is 22.9 Å². The Morgan fingerprint density at radius 3 is 2.57 bits per heavy atom. The first-order valence-corrected chi connectivity index (χ1v) is 12.6. The number of nitrogens with one attached hydrogen (secondary N) is 1. The van der Waals surface area contributed by atoms with E-state index in [1.807, 2.05) is 49.4 Å². The fraction of sp³-hybridized carbons (Fsp3) is 0.333. The van der Waals surface area contributed by atoms with Gasteiger partial charge in [0.2, 0.25) is 0 Å². The number of aliphatic hydroxyl groups excluding tert-OH is 1. The van der Waals surface area contributed by atoms with E-state index in [1.54, 1.807) is 25.4 Å². The van der Waals surface area contributed by atoms with Crippen LogP contribution in [0.15, 0.2) is 76.8 Å². The van der Waals surface area contributed by atoms with Gasteiger partial charge in [-0.2, -0.15) is 0 Å². The van der Waals surface area contributed by atoms with Crippen molar-refractivity contribution in [2.24, 2.45) is 0 Å². The highest BCUT2D eigenvalue weighted by Gasteiger charge is 2.22. The molecule has 1 unspecified atom stereocenters. The van der Waals surface area contributed by atoms with Gasteiger partial charge >= 0.3 is 0 Å². The van der Waals surface area contributed by atoms with Gasteiger partial charge in [0.15, 0.2) is 0 Å². The van der Waals surface area contributed by atoms with E-state index in [2.05, 4.69) is 26.2 Å². The molecule has 0 saturated carbocycles. The number of amides is 1. The summed E-state index contributed by atoms with van der Waals surface area (Å²) in [6.07, 6.45) is 1.04. The van der Waals surface area contributed by atoms with Crippen LogP contribution < -0.4 is 15.0 Å². The number of carbonyl (C=O) groups excluding carboxylic acids is 1. The number of rotatable bonds is 9. The van der Waals surface area contributed by atoms with Gasteiger partial charge in [-0.15, -0.1) is 0 Å². The molecule has 2 N–H and O–H groups in total. The first-order valence-electron chi connectivity index (χ1n) is 11.8. The van der Waals surface area contributed by atoms with Crippen LogP contribution in [0.3, 0.4) is 0 Å². The van der Waals surface area contributed by atoms with Crippen LogP contribution in [0.1, 0.15) is 15.9 Å². The number of hydrogen-bond acceptors (Lipinski definition) is 7. The summed E-state index contributed by atoms with van der Waals surface area (Å²) in [5, 5.41) is 14.1. The van der Waals surface area contributed by atoms with E-state index in [-0.39, 0.29) is 12.5 Å². The van der Waals surface area contributed by atoms with E-state index in [9.17, 15) is 9.90 Å². The van der Waals surface area contributed by atoms with E-state index in [0.29, 0.717) is 17.1 Å². The van der Waals surface area contributed by atoms with Crippen LogP contribution in [0.5, 0.6) is 5.75 Å². The van der Waals surface area contributed by atoms with Gasteiger partial charge in [-0.25, -0.2) is 4.98 Å². The van der Waals surface area contributed by atoms with E-state index < -0.39 is 6.10 Å². The van der Waals surface area contributed by atoms with E-state index in [1.165, 1.54) is 17.3 Å². The number of anilines is 1. The molecule has 0 aliphatic carbocycles. The number of aromatic nitrogens is 1. The zero-order chi connectivity index (χ0) is 24.6. The third kappa shape index (κ3) is 6.75. The molecule has 8 heteroatoms. The van der Waals surface area contributed by atoms with Crippen molar-refractivity contribution in [1.29, 1.82) is 0 Å². The highest BCUT2D eigenvalue weighted by Crippen LogP contribution is 2.29. The molecule has 1 fully saturated rings. The summed E-state index contributed by atoms with van der Waals surface area (Å²) < 4.78 is 5.49. The molecule has 0 spiro atoms. The molecule has 184 valence electrons. The summed E-state index contributed by atoms with van der Waals surface area (Å²) in [5.74, 6) is 0.645. The van der Waals surface area contributed by atoms with Gasteiger partial charge in [-0.1, -0.05) is 41.6 Å².